The molecular weight excluding hydrogens is 296 g/mol. The van der Waals surface area contributed by atoms with Crippen LogP contribution in [-0.2, 0) is 6.42 Å². The van der Waals surface area contributed by atoms with Gasteiger partial charge in [-0.05, 0) is 18.6 Å². The van der Waals surface area contributed by atoms with Crippen LogP contribution in [-0.4, -0.2) is 34.5 Å². The van der Waals surface area contributed by atoms with E-state index in [9.17, 15) is 4.79 Å². The Morgan fingerprint density at radius 1 is 1.38 bits per heavy atom. The second-order valence-electron chi connectivity index (χ2n) is 4.57. The second kappa shape index (κ2) is 5.29. The molecule has 0 fully saturated rings. The van der Waals surface area contributed by atoms with Gasteiger partial charge in [-0.25, -0.2) is 4.79 Å². The van der Waals surface area contributed by atoms with Gasteiger partial charge in [-0.2, -0.15) is 5.10 Å². The summed E-state index contributed by atoms with van der Waals surface area (Å²) in [6, 6.07) is 3.21. The number of nitrogens with zero attached hydrogens (tertiary/aromatic N) is 1. The normalized spacial score (nSPS) is 13.2. The van der Waals surface area contributed by atoms with Gasteiger partial charge in [0.25, 0.3) is 0 Å². The van der Waals surface area contributed by atoms with Crippen molar-refractivity contribution in [1.82, 2.24) is 10.2 Å². The maximum absolute atomic E-state index is 11.0. The summed E-state index contributed by atoms with van der Waals surface area (Å²) < 4.78 is 11.2. The van der Waals surface area contributed by atoms with Crippen molar-refractivity contribution in [1.29, 1.82) is 0 Å². The third kappa shape index (κ3) is 2.31. The molecule has 1 aromatic heterocycles. The molecule has 0 saturated heterocycles. The summed E-state index contributed by atoms with van der Waals surface area (Å²) in [7, 11) is 0. The van der Waals surface area contributed by atoms with Crippen LogP contribution in [0.25, 0.3) is 11.3 Å². The number of aromatic amines is 1. The Kier molecular flexibility index (Phi) is 3.47. The van der Waals surface area contributed by atoms with Gasteiger partial charge in [0.05, 0.1) is 10.7 Å². The average molecular weight is 309 g/mol. The Morgan fingerprint density at radius 2 is 2.10 bits per heavy atom. The fraction of sp³-hybridized carbons (Fsp3) is 0.286. The van der Waals surface area contributed by atoms with Crippen molar-refractivity contribution in [3.05, 3.63) is 28.4 Å². The van der Waals surface area contributed by atoms with Crippen LogP contribution in [0.3, 0.4) is 0 Å². The summed E-state index contributed by atoms with van der Waals surface area (Å²) in [6.07, 6.45) is 0.688. The number of aromatic nitrogens is 2. The molecule has 0 spiro atoms. The number of benzene rings is 1. The molecule has 2 heterocycles. The Hall–Kier alpha value is -2.21. The minimum Gasteiger partial charge on any atom is -0.486 e. The van der Waals surface area contributed by atoms with E-state index in [0.29, 0.717) is 41.9 Å². The van der Waals surface area contributed by atoms with Crippen molar-refractivity contribution in [2.45, 2.75) is 13.3 Å². The number of halogens is 1. The quantitative estimate of drug-likeness (QED) is 0.910. The van der Waals surface area contributed by atoms with Gasteiger partial charge in [0, 0.05) is 11.1 Å². The first-order valence-corrected chi connectivity index (χ1v) is 6.89. The minimum absolute atomic E-state index is 0.0260. The molecule has 0 bridgehead atoms. The number of rotatable bonds is 3. The summed E-state index contributed by atoms with van der Waals surface area (Å²) >= 11 is 6.24. The van der Waals surface area contributed by atoms with Crippen molar-refractivity contribution in [3.63, 3.8) is 0 Å². The highest BCUT2D eigenvalue weighted by Gasteiger charge is 2.24. The molecule has 0 aliphatic carbocycles. The van der Waals surface area contributed by atoms with Crippen LogP contribution < -0.4 is 9.47 Å². The van der Waals surface area contributed by atoms with E-state index in [-0.39, 0.29) is 5.69 Å². The van der Waals surface area contributed by atoms with Crippen molar-refractivity contribution < 1.29 is 19.4 Å². The predicted octanol–water partition coefficient (Wildman–Crippen LogP) is 2.76. The summed E-state index contributed by atoms with van der Waals surface area (Å²) in [5.74, 6) is 0.0964. The van der Waals surface area contributed by atoms with E-state index in [2.05, 4.69) is 10.2 Å². The number of fused-ring (bicyclic) bond motifs is 1. The van der Waals surface area contributed by atoms with Gasteiger partial charge < -0.3 is 14.6 Å². The average Bonchev–Trinajstić information content (AvgIpc) is 2.97. The first-order valence-electron chi connectivity index (χ1n) is 6.51. The Morgan fingerprint density at radius 3 is 2.71 bits per heavy atom. The zero-order valence-electron chi connectivity index (χ0n) is 11.3. The SMILES string of the molecule is CCc1c(-c2cc(C(=O)O)[nH]n2)cc(Cl)c2c1OCCO2. The standard InChI is InChI=1S/C14H13ClN2O4/c1-2-7-8(10-6-11(14(18)19)17-16-10)5-9(15)13-12(7)20-3-4-21-13/h5-6H,2-4H2,1H3,(H,16,17)(H,18,19). The van der Waals surface area contributed by atoms with Gasteiger partial charge in [-0.3, -0.25) is 5.10 Å². The van der Waals surface area contributed by atoms with Crippen molar-refractivity contribution in [3.8, 4) is 22.8 Å². The number of ether oxygens (including phenoxy) is 2. The molecule has 110 valence electrons. The molecule has 2 aromatic rings. The highest BCUT2D eigenvalue weighted by molar-refractivity contribution is 6.32. The van der Waals surface area contributed by atoms with Crippen LogP contribution in [0.1, 0.15) is 23.0 Å². The van der Waals surface area contributed by atoms with Gasteiger partial charge in [0.1, 0.15) is 18.9 Å². The van der Waals surface area contributed by atoms with E-state index >= 15 is 0 Å². The minimum atomic E-state index is -1.06. The Labute approximate surface area is 125 Å². The third-order valence-corrected chi connectivity index (χ3v) is 3.59. The molecule has 2 N–H and O–H groups in total. The Bertz CT molecular complexity index is 711. The molecule has 1 aliphatic heterocycles. The third-order valence-electron chi connectivity index (χ3n) is 3.31. The zero-order valence-corrected chi connectivity index (χ0v) is 12.0. The van der Waals surface area contributed by atoms with Crippen LogP contribution in [0.4, 0.5) is 0 Å². The lowest BCUT2D eigenvalue weighted by Gasteiger charge is -2.23. The lowest BCUT2D eigenvalue weighted by molar-refractivity contribution is 0.0690. The monoisotopic (exact) mass is 308 g/mol. The number of carbonyl (C=O) groups is 1. The van der Waals surface area contributed by atoms with Crippen LogP contribution in [0, 0.1) is 0 Å². The molecule has 0 saturated carbocycles. The molecule has 21 heavy (non-hydrogen) atoms. The number of carboxylic acid groups (broad SMARTS) is 1. The van der Waals surface area contributed by atoms with Crippen LogP contribution >= 0.6 is 11.6 Å². The van der Waals surface area contributed by atoms with Gasteiger partial charge in [0.15, 0.2) is 11.5 Å². The highest BCUT2D eigenvalue weighted by Crippen LogP contribution is 2.45. The van der Waals surface area contributed by atoms with E-state index in [1.54, 1.807) is 6.07 Å². The number of nitrogens with one attached hydrogen (secondary N) is 1. The maximum Gasteiger partial charge on any atom is 0.353 e. The lowest BCUT2D eigenvalue weighted by atomic mass is 10.00. The van der Waals surface area contributed by atoms with Crippen LogP contribution in [0.5, 0.6) is 11.5 Å². The molecule has 6 nitrogen and oxygen atoms in total. The van der Waals surface area contributed by atoms with Crippen molar-refractivity contribution in [2.24, 2.45) is 0 Å². The Balaban J connectivity index is 2.17. The number of aromatic carboxylic acids is 1. The van der Waals surface area contributed by atoms with Gasteiger partial charge in [-0.15, -0.1) is 0 Å². The summed E-state index contributed by atoms with van der Waals surface area (Å²) in [6.45, 7) is 2.90. The number of carboxylic acids is 1. The first kappa shape index (κ1) is 13.8. The molecule has 0 atom stereocenters. The van der Waals surface area contributed by atoms with E-state index < -0.39 is 5.97 Å². The van der Waals surface area contributed by atoms with Crippen molar-refractivity contribution in [2.75, 3.05) is 13.2 Å². The van der Waals surface area contributed by atoms with Crippen LogP contribution in [0.2, 0.25) is 5.02 Å². The smallest absolute Gasteiger partial charge is 0.353 e. The molecule has 0 amide bonds. The molecule has 3 rings (SSSR count). The van der Waals surface area contributed by atoms with Gasteiger partial charge in [0.2, 0.25) is 0 Å². The van der Waals surface area contributed by atoms with Gasteiger partial charge >= 0.3 is 5.97 Å². The number of hydrogen-bond donors (Lipinski definition) is 2. The lowest BCUT2D eigenvalue weighted by Crippen LogP contribution is -2.17. The number of H-pyrrole nitrogens is 1. The predicted molar refractivity (Wildman–Crippen MR) is 76.4 cm³/mol. The first-order chi connectivity index (χ1) is 10.1. The van der Waals surface area contributed by atoms with Crippen molar-refractivity contribution >= 4 is 17.6 Å². The van der Waals surface area contributed by atoms with E-state index in [0.717, 1.165) is 11.1 Å². The van der Waals surface area contributed by atoms with E-state index in [4.69, 9.17) is 26.2 Å². The second-order valence-corrected chi connectivity index (χ2v) is 4.97. The van der Waals surface area contributed by atoms with Crippen LogP contribution in [0.15, 0.2) is 12.1 Å². The summed E-state index contributed by atoms with van der Waals surface area (Å²) in [4.78, 5) is 11.0. The largest absolute Gasteiger partial charge is 0.486 e. The van der Waals surface area contributed by atoms with E-state index in [1.165, 1.54) is 6.07 Å². The summed E-state index contributed by atoms with van der Waals surface area (Å²) in [5.41, 5.74) is 2.19. The molecule has 1 aliphatic rings. The molecule has 7 heteroatoms. The fourth-order valence-electron chi connectivity index (χ4n) is 2.37. The fourth-order valence-corrected chi connectivity index (χ4v) is 2.62. The molecule has 0 unspecified atom stereocenters. The zero-order chi connectivity index (χ0) is 15.0. The summed E-state index contributed by atoms with van der Waals surface area (Å²) in [5, 5.41) is 15.9. The molecule has 1 aromatic carbocycles. The number of hydrogen-bond acceptors (Lipinski definition) is 4. The van der Waals surface area contributed by atoms with Gasteiger partial charge in [-0.1, -0.05) is 18.5 Å². The molecular formula is C14H13ClN2O4. The molecule has 0 radical (unpaired) electrons. The highest BCUT2D eigenvalue weighted by atomic mass is 35.5. The topological polar surface area (TPSA) is 84.4 Å². The van der Waals surface area contributed by atoms with E-state index in [1.807, 2.05) is 6.92 Å². The maximum atomic E-state index is 11.0.